The van der Waals surface area contributed by atoms with Crippen LogP contribution < -0.4 is 15.2 Å². The van der Waals surface area contributed by atoms with Crippen molar-refractivity contribution in [3.63, 3.8) is 0 Å². The van der Waals surface area contributed by atoms with Crippen LogP contribution in [0, 0.1) is 5.92 Å². The molecule has 0 radical (unpaired) electrons. The van der Waals surface area contributed by atoms with Crippen molar-refractivity contribution in [2.24, 2.45) is 5.92 Å². The van der Waals surface area contributed by atoms with E-state index in [9.17, 15) is 0 Å². The predicted molar refractivity (Wildman–Crippen MR) is 226 cm³/mol. The van der Waals surface area contributed by atoms with Crippen LogP contribution in [0.5, 0.6) is 5.75 Å². The molecule has 1 aliphatic heterocycles. The highest BCUT2D eigenvalue weighted by molar-refractivity contribution is 6.06. The van der Waals surface area contributed by atoms with Gasteiger partial charge in [-0.1, -0.05) is 105 Å². The van der Waals surface area contributed by atoms with Gasteiger partial charge in [0.05, 0.1) is 0 Å². The molecule has 0 spiro atoms. The SMILES string of the molecule is CC1(C)C2=C(CCC=C2)c2ccc(C3=c4cccc(C5=CC=C6Oc7ccccc7C6C5)c4=CC4=C(c5ccc6oc7ccccc7c6c5)CCCC43)cc21. The summed E-state index contributed by atoms with van der Waals surface area (Å²) < 4.78 is 12.6. The van der Waals surface area contributed by atoms with Gasteiger partial charge in [0.15, 0.2) is 0 Å². The van der Waals surface area contributed by atoms with Gasteiger partial charge in [-0.3, -0.25) is 0 Å². The Hall–Kier alpha value is -5.86. The first-order valence-corrected chi connectivity index (χ1v) is 20.2. The molecule has 2 heteroatoms. The second-order valence-corrected chi connectivity index (χ2v) is 16.9. The summed E-state index contributed by atoms with van der Waals surface area (Å²) in [6.45, 7) is 4.86. The number of hydrogen-bond acceptors (Lipinski definition) is 2. The van der Waals surface area contributed by atoms with Gasteiger partial charge in [0.1, 0.15) is 22.7 Å². The van der Waals surface area contributed by atoms with Crippen LogP contribution in [0.15, 0.2) is 149 Å². The van der Waals surface area contributed by atoms with Crippen LogP contribution in [0.3, 0.4) is 0 Å². The fourth-order valence-corrected chi connectivity index (χ4v) is 11.1. The molecule has 6 aromatic rings. The predicted octanol–water partition coefficient (Wildman–Crippen LogP) is 12.1. The molecule has 1 aromatic heterocycles. The number of rotatable bonds is 3. The van der Waals surface area contributed by atoms with Crippen LogP contribution in [0.4, 0.5) is 0 Å². The van der Waals surface area contributed by atoms with Crippen LogP contribution in [0.25, 0.3) is 50.3 Å². The number of furan rings is 1. The summed E-state index contributed by atoms with van der Waals surface area (Å²) in [6.07, 6.45) is 18.5. The molecule has 2 heterocycles. The zero-order valence-corrected chi connectivity index (χ0v) is 31.4. The van der Waals surface area contributed by atoms with E-state index in [2.05, 4.69) is 147 Å². The number of fused-ring (bicyclic) bond motifs is 10. The smallest absolute Gasteiger partial charge is 0.135 e. The van der Waals surface area contributed by atoms with Crippen LogP contribution >= 0.6 is 0 Å². The average molecular weight is 711 g/mol. The maximum absolute atomic E-state index is 6.34. The van der Waals surface area contributed by atoms with E-state index < -0.39 is 0 Å². The fraction of sp³-hybridized carbons (Fsp3) is 0.208. The first-order valence-electron chi connectivity index (χ1n) is 20.2. The number of hydrogen-bond donors (Lipinski definition) is 0. The van der Waals surface area contributed by atoms with E-state index in [1.54, 1.807) is 5.57 Å². The maximum atomic E-state index is 6.34. The molecule has 12 rings (SSSR count). The molecule has 0 saturated carbocycles. The Morgan fingerprint density at radius 1 is 0.709 bits per heavy atom. The molecule has 0 fully saturated rings. The van der Waals surface area contributed by atoms with Gasteiger partial charge < -0.3 is 9.15 Å². The van der Waals surface area contributed by atoms with Crippen LogP contribution in [0.1, 0.15) is 91.7 Å². The number of para-hydroxylation sites is 2. The van der Waals surface area contributed by atoms with E-state index in [4.69, 9.17) is 9.15 Å². The highest BCUT2D eigenvalue weighted by Gasteiger charge is 2.39. The highest BCUT2D eigenvalue weighted by Crippen LogP contribution is 2.52. The van der Waals surface area contributed by atoms with E-state index in [0.29, 0.717) is 5.92 Å². The molecule has 2 unspecified atom stereocenters. The summed E-state index contributed by atoms with van der Waals surface area (Å²) in [4.78, 5) is 0. The largest absolute Gasteiger partial charge is 0.461 e. The first kappa shape index (κ1) is 31.5. The van der Waals surface area contributed by atoms with Gasteiger partial charge in [0.25, 0.3) is 0 Å². The molecule has 5 aliphatic carbocycles. The number of benzene rings is 5. The molecule has 266 valence electrons. The summed E-state index contributed by atoms with van der Waals surface area (Å²) in [6, 6.07) is 38.5. The Labute approximate surface area is 321 Å². The minimum atomic E-state index is -0.0145. The van der Waals surface area contributed by atoms with Crippen molar-refractivity contribution in [3.05, 3.63) is 188 Å². The third-order valence-corrected chi connectivity index (χ3v) is 13.7. The quantitative estimate of drug-likeness (QED) is 0.182. The average Bonchev–Trinajstić information content (AvgIpc) is 3.86. The van der Waals surface area contributed by atoms with Gasteiger partial charge in [0.2, 0.25) is 0 Å². The molecule has 0 bridgehead atoms. The third kappa shape index (κ3) is 4.55. The molecule has 0 saturated heterocycles. The van der Waals surface area contributed by atoms with Gasteiger partial charge >= 0.3 is 0 Å². The first-order chi connectivity index (χ1) is 27.0. The summed E-state index contributed by atoms with van der Waals surface area (Å²) in [5.74, 6) is 2.63. The monoisotopic (exact) mass is 710 g/mol. The van der Waals surface area contributed by atoms with E-state index in [1.165, 1.54) is 82.5 Å². The molecule has 6 aliphatic rings. The van der Waals surface area contributed by atoms with Gasteiger partial charge in [-0.25, -0.2) is 0 Å². The normalized spacial score (nSPS) is 21.6. The lowest BCUT2D eigenvalue weighted by Crippen LogP contribution is -2.38. The zero-order valence-electron chi connectivity index (χ0n) is 31.4. The number of ether oxygens (including phenoxy) is 1. The van der Waals surface area contributed by atoms with Crippen molar-refractivity contribution in [3.8, 4) is 5.75 Å². The second kappa shape index (κ2) is 11.6. The van der Waals surface area contributed by atoms with Gasteiger partial charge in [-0.2, -0.15) is 0 Å². The van der Waals surface area contributed by atoms with Gasteiger partial charge in [0, 0.05) is 33.6 Å². The van der Waals surface area contributed by atoms with E-state index >= 15 is 0 Å². The van der Waals surface area contributed by atoms with Gasteiger partial charge in [-0.05, 0) is 153 Å². The molecule has 5 aromatic carbocycles. The van der Waals surface area contributed by atoms with Crippen molar-refractivity contribution < 1.29 is 9.15 Å². The lowest BCUT2D eigenvalue weighted by molar-refractivity contribution is 0.426. The highest BCUT2D eigenvalue weighted by atomic mass is 16.5. The Kier molecular flexibility index (Phi) is 6.63. The number of allylic oxidation sites excluding steroid dienone is 10. The topological polar surface area (TPSA) is 22.4 Å². The van der Waals surface area contributed by atoms with Crippen molar-refractivity contribution in [1.82, 2.24) is 0 Å². The molecular weight excluding hydrogens is 669 g/mol. The fourth-order valence-electron chi connectivity index (χ4n) is 11.1. The minimum absolute atomic E-state index is 0.0145. The third-order valence-electron chi connectivity index (χ3n) is 13.7. The van der Waals surface area contributed by atoms with Crippen molar-refractivity contribution >= 4 is 50.3 Å². The van der Waals surface area contributed by atoms with E-state index in [0.717, 1.165) is 61.2 Å². The Morgan fingerprint density at radius 2 is 1.58 bits per heavy atom. The lowest BCUT2D eigenvalue weighted by Gasteiger charge is -2.33. The van der Waals surface area contributed by atoms with Crippen LogP contribution in [-0.4, -0.2) is 0 Å². The van der Waals surface area contributed by atoms with Gasteiger partial charge in [-0.15, -0.1) is 0 Å². The molecular formula is C53H42O2. The zero-order chi connectivity index (χ0) is 36.4. The summed E-state index contributed by atoms with van der Waals surface area (Å²) in [5.41, 5.74) is 19.0. The molecule has 55 heavy (non-hydrogen) atoms. The molecule has 0 N–H and O–H groups in total. The molecule has 0 amide bonds. The molecule has 2 atom stereocenters. The van der Waals surface area contributed by atoms with Crippen molar-refractivity contribution in [1.29, 1.82) is 0 Å². The second-order valence-electron chi connectivity index (χ2n) is 16.9. The van der Waals surface area contributed by atoms with E-state index in [-0.39, 0.29) is 11.3 Å². The van der Waals surface area contributed by atoms with Crippen molar-refractivity contribution in [2.75, 3.05) is 0 Å². The van der Waals surface area contributed by atoms with Crippen molar-refractivity contribution in [2.45, 2.75) is 63.7 Å². The Bertz CT molecular complexity index is 2990. The maximum Gasteiger partial charge on any atom is 0.135 e. The molecule has 2 nitrogen and oxygen atoms in total. The lowest BCUT2D eigenvalue weighted by atomic mass is 9.70. The van der Waals surface area contributed by atoms with E-state index in [1.807, 2.05) is 0 Å². The van der Waals surface area contributed by atoms with Crippen LogP contribution in [0.2, 0.25) is 0 Å². The Morgan fingerprint density at radius 3 is 2.55 bits per heavy atom. The standard InChI is InChI=1S/C53H42O2/c1-53(2)46-18-6-3-11-36(46)37-24-21-33(29-47(37)53)52-40-16-9-14-34(31-22-25-50-44(27-31)38-12-4-7-19-48(38)54-50)42(40)30-43-35(15-10-17-41(43)52)32-23-26-51-45(28-32)39-13-5-8-20-49(39)55-51/h4-9,12-14,16,18-26,28-30,41,44H,3,10-11,15,17,27H2,1-2H3. The summed E-state index contributed by atoms with van der Waals surface area (Å²) in [5, 5.41) is 5.12. The summed E-state index contributed by atoms with van der Waals surface area (Å²) in [7, 11) is 0. The summed E-state index contributed by atoms with van der Waals surface area (Å²) >= 11 is 0. The minimum Gasteiger partial charge on any atom is -0.461 e. The Balaban J connectivity index is 1.09. The van der Waals surface area contributed by atoms with Crippen LogP contribution in [-0.2, 0) is 5.41 Å².